The second kappa shape index (κ2) is 8.36. The van der Waals surface area contributed by atoms with Gasteiger partial charge < -0.3 is 5.11 Å². The smallest absolute Gasteiger partial charge is 0.306 e. The Morgan fingerprint density at radius 2 is 1.92 bits per heavy atom. The minimum Gasteiger partial charge on any atom is -0.481 e. The van der Waals surface area contributed by atoms with Crippen LogP contribution in [-0.4, -0.2) is 11.1 Å². The normalized spacial score (nSPS) is 12.3. The van der Waals surface area contributed by atoms with Gasteiger partial charge in [0.2, 0.25) is 0 Å². The van der Waals surface area contributed by atoms with E-state index in [1.807, 2.05) is 0 Å². The fourth-order valence-electron chi connectivity index (χ4n) is 1.36. The van der Waals surface area contributed by atoms with Crippen molar-refractivity contribution in [2.45, 2.75) is 46.5 Å². The van der Waals surface area contributed by atoms with Crippen molar-refractivity contribution in [3.63, 3.8) is 0 Å². The molecule has 0 aromatic rings. The lowest BCUT2D eigenvalue weighted by molar-refractivity contribution is -0.142. The van der Waals surface area contributed by atoms with Crippen molar-refractivity contribution in [3.05, 3.63) is 0 Å². The van der Waals surface area contributed by atoms with Gasteiger partial charge in [0.15, 0.2) is 0 Å². The van der Waals surface area contributed by atoms with Crippen molar-refractivity contribution >= 4 is 18.4 Å². The number of carboxylic acid groups (broad SMARTS) is 1. The number of hydrogen-bond donors (Lipinski definition) is 1. The van der Waals surface area contributed by atoms with Gasteiger partial charge in [-0.1, -0.05) is 33.6 Å². The van der Waals surface area contributed by atoms with Gasteiger partial charge in [-0.25, -0.2) is 0 Å². The average Bonchev–Trinajstić information content (AvgIpc) is 1.96. The van der Waals surface area contributed by atoms with E-state index in [9.17, 15) is 4.79 Å². The zero-order valence-electron chi connectivity index (χ0n) is 8.75. The van der Waals surface area contributed by atoms with Gasteiger partial charge >= 0.3 is 5.97 Å². The molecule has 13 heavy (non-hydrogen) atoms. The minimum absolute atomic E-state index is 0. The number of halogens is 1. The second-order valence-corrected chi connectivity index (χ2v) is 3.81. The third-order valence-electron chi connectivity index (χ3n) is 2.01. The molecule has 0 amide bonds. The minimum atomic E-state index is -0.628. The molecule has 0 radical (unpaired) electrons. The first-order valence-electron chi connectivity index (χ1n) is 4.80. The quantitative estimate of drug-likeness (QED) is 0.727. The molecular formula is C10H21ClO2. The maximum absolute atomic E-state index is 10.7. The lowest BCUT2D eigenvalue weighted by Gasteiger charge is -2.13. The van der Waals surface area contributed by atoms with Crippen LogP contribution in [-0.2, 0) is 4.79 Å². The molecule has 0 aliphatic rings. The van der Waals surface area contributed by atoms with Crippen LogP contribution in [0.25, 0.3) is 0 Å². The van der Waals surface area contributed by atoms with Crippen molar-refractivity contribution in [2.75, 3.05) is 0 Å². The van der Waals surface area contributed by atoms with E-state index in [0.29, 0.717) is 5.92 Å². The number of hydrogen-bond acceptors (Lipinski definition) is 1. The highest BCUT2D eigenvalue weighted by atomic mass is 35.5. The highest BCUT2D eigenvalue weighted by Gasteiger charge is 2.17. The van der Waals surface area contributed by atoms with Gasteiger partial charge in [0.1, 0.15) is 0 Å². The van der Waals surface area contributed by atoms with Gasteiger partial charge in [-0.3, -0.25) is 4.79 Å². The summed E-state index contributed by atoms with van der Waals surface area (Å²) >= 11 is 0. The topological polar surface area (TPSA) is 37.3 Å². The van der Waals surface area contributed by atoms with Crippen LogP contribution in [0.1, 0.15) is 46.5 Å². The Balaban J connectivity index is 0. The van der Waals surface area contributed by atoms with Crippen LogP contribution in [0, 0.1) is 11.8 Å². The number of carboxylic acids is 1. The number of carbonyl (C=O) groups is 1. The molecule has 0 saturated heterocycles. The van der Waals surface area contributed by atoms with Crippen molar-refractivity contribution < 1.29 is 9.90 Å². The first-order chi connectivity index (χ1) is 5.57. The molecule has 1 unspecified atom stereocenters. The van der Waals surface area contributed by atoms with Crippen LogP contribution in [0.4, 0.5) is 0 Å². The maximum atomic E-state index is 10.7. The zero-order valence-corrected chi connectivity index (χ0v) is 9.56. The van der Waals surface area contributed by atoms with Gasteiger partial charge in [-0.15, -0.1) is 12.4 Å². The van der Waals surface area contributed by atoms with Crippen LogP contribution in [0.15, 0.2) is 0 Å². The van der Waals surface area contributed by atoms with Crippen molar-refractivity contribution in [1.29, 1.82) is 0 Å². The van der Waals surface area contributed by atoms with Gasteiger partial charge in [0.25, 0.3) is 0 Å². The average molecular weight is 209 g/mol. The van der Waals surface area contributed by atoms with E-state index in [1.54, 1.807) is 0 Å². The first-order valence-corrected chi connectivity index (χ1v) is 4.80. The molecule has 0 aliphatic heterocycles. The van der Waals surface area contributed by atoms with Crippen molar-refractivity contribution in [3.8, 4) is 0 Å². The molecule has 1 N–H and O–H groups in total. The fraction of sp³-hybridized carbons (Fsp3) is 0.900. The van der Waals surface area contributed by atoms with Gasteiger partial charge in [-0.05, 0) is 18.8 Å². The Hall–Kier alpha value is -0.240. The van der Waals surface area contributed by atoms with Crippen LogP contribution in [0.2, 0.25) is 0 Å². The fourth-order valence-corrected chi connectivity index (χ4v) is 1.36. The third-order valence-corrected chi connectivity index (χ3v) is 2.01. The molecule has 0 aromatic carbocycles. The maximum Gasteiger partial charge on any atom is 0.306 e. The van der Waals surface area contributed by atoms with E-state index in [2.05, 4.69) is 20.8 Å². The highest BCUT2D eigenvalue weighted by Crippen LogP contribution is 2.18. The van der Waals surface area contributed by atoms with E-state index in [0.717, 1.165) is 25.7 Å². The van der Waals surface area contributed by atoms with E-state index < -0.39 is 5.97 Å². The molecule has 1 atom stereocenters. The number of aliphatic carboxylic acids is 1. The summed E-state index contributed by atoms with van der Waals surface area (Å²) in [5.74, 6) is -0.259. The van der Waals surface area contributed by atoms with E-state index in [4.69, 9.17) is 5.11 Å². The Morgan fingerprint density at radius 1 is 1.38 bits per heavy atom. The van der Waals surface area contributed by atoms with Crippen molar-refractivity contribution in [2.24, 2.45) is 11.8 Å². The van der Waals surface area contributed by atoms with Crippen LogP contribution < -0.4 is 0 Å². The summed E-state index contributed by atoms with van der Waals surface area (Å²) < 4.78 is 0. The van der Waals surface area contributed by atoms with E-state index >= 15 is 0 Å². The SMILES string of the molecule is CCCCC(CC(C)C)C(=O)O.Cl. The molecule has 0 bridgehead atoms. The molecule has 0 saturated carbocycles. The van der Waals surface area contributed by atoms with E-state index in [1.165, 1.54) is 0 Å². The Bertz CT molecular complexity index is 135. The summed E-state index contributed by atoms with van der Waals surface area (Å²) in [6, 6.07) is 0. The molecule has 0 aromatic heterocycles. The molecule has 0 rings (SSSR count). The molecule has 2 nitrogen and oxygen atoms in total. The summed E-state index contributed by atoms with van der Waals surface area (Å²) in [7, 11) is 0. The lowest BCUT2D eigenvalue weighted by atomic mass is 9.92. The Labute approximate surface area is 87.1 Å². The van der Waals surface area contributed by atoms with Crippen LogP contribution >= 0.6 is 12.4 Å². The van der Waals surface area contributed by atoms with Gasteiger partial charge in [-0.2, -0.15) is 0 Å². The summed E-state index contributed by atoms with van der Waals surface area (Å²) in [6.07, 6.45) is 3.77. The Morgan fingerprint density at radius 3 is 2.23 bits per heavy atom. The van der Waals surface area contributed by atoms with Crippen LogP contribution in [0.3, 0.4) is 0 Å². The molecule has 0 fully saturated rings. The number of unbranched alkanes of at least 4 members (excludes halogenated alkanes) is 1. The predicted octanol–water partition coefficient (Wildman–Crippen LogP) is 3.35. The van der Waals surface area contributed by atoms with Gasteiger partial charge in [0, 0.05) is 0 Å². The van der Waals surface area contributed by atoms with Crippen molar-refractivity contribution in [1.82, 2.24) is 0 Å². The summed E-state index contributed by atoms with van der Waals surface area (Å²) in [4.78, 5) is 10.7. The Kier molecular flexibility index (Phi) is 9.80. The summed E-state index contributed by atoms with van der Waals surface area (Å²) in [6.45, 7) is 6.23. The zero-order chi connectivity index (χ0) is 9.56. The summed E-state index contributed by atoms with van der Waals surface area (Å²) in [5.41, 5.74) is 0. The molecule has 0 heterocycles. The van der Waals surface area contributed by atoms with E-state index in [-0.39, 0.29) is 18.3 Å². The predicted molar refractivity (Wildman–Crippen MR) is 57.4 cm³/mol. The van der Waals surface area contributed by atoms with Gasteiger partial charge in [0.05, 0.1) is 5.92 Å². The number of rotatable bonds is 6. The molecule has 3 heteroatoms. The third kappa shape index (κ3) is 8.10. The van der Waals surface area contributed by atoms with Crippen LogP contribution in [0.5, 0.6) is 0 Å². The highest BCUT2D eigenvalue weighted by molar-refractivity contribution is 5.85. The molecule has 80 valence electrons. The molecule has 0 aliphatic carbocycles. The first kappa shape index (κ1) is 15.2. The largest absolute Gasteiger partial charge is 0.481 e. The summed E-state index contributed by atoms with van der Waals surface area (Å²) in [5, 5.41) is 8.85. The molecular weight excluding hydrogens is 188 g/mol. The standard InChI is InChI=1S/C10H20O2.ClH/c1-4-5-6-9(10(11)12)7-8(2)3;/h8-9H,4-7H2,1-3H3,(H,11,12);1H. The lowest BCUT2D eigenvalue weighted by Crippen LogP contribution is -2.15. The molecule has 0 spiro atoms. The monoisotopic (exact) mass is 208 g/mol. The second-order valence-electron chi connectivity index (χ2n) is 3.81.